The zero-order valence-corrected chi connectivity index (χ0v) is 12.0. The van der Waals surface area contributed by atoms with E-state index < -0.39 is 6.10 Å². The van der Waals surface area contributed by atoms with Crippen molar-refractivity contribution in [2.45, 2.75) is 25.1 Å². The molecule has 3 atom stereocenters. The SMILES string of the molecule is O[C@H]1c2nccn2CC[C@@H]1[C@H]1c2ccccc2-c2cncn21. The largest absolute Gasteiger partial charge is 0.385 e. The fraction of sp³-hybridized carbons (Fsp3) is 0.294. The van der Waals surface area contributed by atoms with Gasteiger partial charge in [0, 0.05) is 30.4 Å². The lowest BCUT2D eigenvalue weighted by molar-refractivity contribution is 0.0514. The third kappa shape index (κ3) is 1.46. The number of aliphatic hydroxyl groups excluding tert-OH is 1. The highest BCUT2D eigenvalue weighted by Crippen LogP contribution is 2.48. The van der Waals surface area contributed by atoms with Crippen LogP contribution in [0.25, 0.3) is 11.3 Å². The van der Waals surface area contributed by atoms with Crippen molar-refractivity contribution in [1.29, 1.82) is 0 Å². The van der Waals surface area contributed by atoms with E-state index in [1.807, 2.05) is 18.7 Å². The van der Waals surface area contributed by atoms with Gasteiger partial charge in [-0.3, -0.25) is 0 Å². The molecule has 2 aromatic heterocycles. The zero-order valence-electron chi connectivity index (χ0n) is 12.0. The number of benzene rings is 1. The van der Waals surface area contributed by atoms with Gasteiger partial charge in [0.1, 0.15) is 11.9 Å². The Bertz CT molecular complexity index is 850. The number of aromatic nitrogens is 4. The summed E-state index contributed by atoms with van der Waals surface area (Å²) in [5.41, 5.74) is 3.65. The van der Waals surface area contributed by atoms with Crippen LogP contribution in [-0.4, -0.2) is 24.2 Å². The van der Waals surface area contributed by atoms with Gasteiger partial charge in [-0.15, -0.1) is 0 Å². The lowest BCUT2D eigenvalue weighted by Gasteiger charge is -2.34. The Morgan fingerprint density at radius 3 is 3.09 bits per heavy atom. The van der Waals surface area contributed by atoms with Gasteiger partial charge in [-0.1, -0.05) is 24.3 Å². The fourth-order valence-electron chi connectivity index (χ4n) is 4.05. The molecule has 0 bridgehead atoms. The summed E-state index contributed by atoms with van der Waals surface area (Å²) >= 11 is 0. The Hall–Kier alpha value is -2.40. The van der Waals surface area contributed by atoms with Crippen molar-refractivity contribution in [3.63, 3.8) is 0 Å². The first-order chi connectivity index (χ1) is 10.8. The number of hydrogen-bond acceptors (Lipinski definition) is 3. The van der Waals surface area contributed by atoms with E-state index in [9.17, 15) is 5.11 Å². The first-order valence-corrected chi connectivity index (χ1v) is 7.65. The number of aliphatic hydroxyl groups is 1. The molecule has 4 heterocycles. The minimum absolute atomic E-state index is 0.117. The second-order valence-corrected chi connectivity index (χ2v) is 6.09. The van der Waals surface area contributed by atoms with Gasteiger partial charge in [0.2, 0.25) is 0 Å². The van der Waals surface area contributed by atoms with Crippen molar-refractivity contribution in [2.24, 2.45) is 5.92 Å². The molecular formula is C17H16N4O. The average molecular weight is 292 g/mol. The summed E-state index contributed by atoms with van der Waals surface area (Å²) in [6.07, 6.45) is 7.89. The lowest BCUT2D eigenvalue weighted by Crippen LogP contribution is -2.31. The topological polar surface area (TPSA) is 55.9 Å². The van der Waals surface area contributed by atoms with Crippen LogP contribution < -0.4 is 0 Å². The number of imidazole rings is 2. The summed E-state index contributed by atoms with van der Waals surface area (Å²) < 4.78 is 4.26. The van der Waals surface area contributed by atoms with Crippen LogP contribution in [-0.2, 0) is 6.54 Å². The monoisotopic (exact) mass is 292 g/mol. The molecule has 5 heteroatoms. The maximum absolute atomic E-state index is 10.8. The van der Waals surface area contributed by atoms with Crippen molar-refractivity contribution in [2.75, 3.05) is 0 Å². The Balaban J connectivity index is 1.65. The molecule has 0 spiro atoms. The van der Waals surface area contributed by atoms with Crippen LogP contribution in [0.3, 0.4) is 0 Å². The van der Waals surface area contributed by atoms with Crippen LogP contribution in [0.15, 0.2) is 49.2 Å². The Morgan fingerprint density at radius 2 is 2.14 bits per heavy atom. The van der Waals surface area contributed by atoms with E-state index in [1.165, 1.54) is 11.1 Å². The molecule has 1 aromatic carbocycles. The molecule has 0 radical (unpaired) electrons. The van der Waals surface area contributed by atoms with Gasteiger partial charge in [0.05, 0.1) is 24.3 Å². The molecule has 0 saturated heterocycles. The third-order valence-corrected chi connectivity index (χ3v) is 5.05. The molecular weight excluding hydrogens is 276 g/mol. The molecule has 5 nitrogen and oxygen atoms in total. The van der Waals surface area contributed by atoms with Gasteiger partial charge < -0.3 is 14.2 Å². The second kappa shape index (κ2) is 4.30. The van der Waals surface area contributed by atoms with Gasteiger partial charge >= 0.3 is 0 Å². The lowest BCUT2D eigenvalue weighted by atomic mass is 9.84. The molecule has 0 unspecified atom stereocenters. The van der Waals surface area contributed by atoms with Crippen molar-refractivity contribution in [1.82, 2.24) is 19.1 Å². The molecule has 1 N–H and O–H groups in total. The van der Waals surface area contributed by atoms with Crippen molar-refractivity contribution in [3.8, 4) is 11.3 Å². The highest BCUT2D eigenvalue weighted by Gasteiger charge is 2.41. The standard InChI is InChI=1S/C17H16N4O/c22-16-13(5-7-20-8-6-19-17(16)20)15-12-4-2-1-3-11(12)14-9-18-10-21(14)15/h1-4,6,8-10,13,15-16,22H,5,7H2/t13-,15-,16-/m1/s1. The minimum atomic E-state index is -0.546. The summed E-state index contributed by atoms with van der Waals surface area (Å²) in [5.74, 6) is 0.897. The predicted molar refractivity (Wildman–Crippen MR) is 81.1 cm³/mol. The molecule has 2 aliphatic heterocycles. The van der Waals surface area contributed by atoms with Gasteiger partial charge in [0.15, 0.2) is 0 Å². The molecule has 0 fully saturated rings. The fourth-order valence-corrected chi connectivity index (χ4v) is 4.05. The van der Waals surface area contributed by atoms with Gasteiger partial charge in [0.25, 0.3) is 0 Å². The molecule has 2 aliphatic rings. The van der Waals surface area contributed by atoms with Gasteiger partial charge in [-0.25, -0.2) is 9.97 Å². The normalized spacial score (nSPS) is 25.6. The average Bonchev–Trinajstić information content (AvgIpc) is 3.23. The first kappa shape index (κ1) is 12.2. The van der Waals surface area contributed by atoms with Crippen LogP contribution in [0, 0.1) is 5.92 Å². The van der Waals surface area contributed by atoms with Crippen LogP contribution in [0.2, 0.25) is 0 Å². The van der Waals surface area contributed by atoms with E-state index >= 15 is 0 Å². The van der Waals surface area contributed by atoms with E-state index in [2.05, 4.69) is 43.4 Å². The molecule has 0 aliphatic carbocycles. The molecule has 0 amide bonds. The van der Waals surface area contributed by atoms with Crippen LogP contribution in [0.1, 0.15) is 30.0 Å². The van der Waals surface area contributed by atoms with Crippen LogP contribution in [0.4, 0.5) is 0 Å². The number of nitrogens with zero attached hydrogens (tertiary/aromatic N) is 4. The highest BCUT2D eigenvalue weighted by molar-refractivity contribution is 5.69. The number of aryl methyl sites for hydroxylation is 1. The Labute approximate surface area is 127 Å². The van der Waals surface area contributed by atoms with Gasteiger partial charge in [-0.05, 0) is 12.0 Å². The van der Waals surface area contributed by atoms with E-state index in [0.717, 1.165) is 24.5 Å². The van der Waals surface area contributed by atoms with E-state index in [0.29, 0.717) is 0 Å². The van der Waals surface area contributed by atoms with E-state index in [1.54, 1.807) is 6.20 Å². The van der Waals surface area contributed by atoms with Crippen molar-refractivity contribution >= 4 is 0 Å². The first-order valence-electron chi connectivity index (χ1n) is 7.65. The highest BCUT2D eigenvalue weighted by atomic mass is 16.3. The number of rotatable bonds is 1. The zero-order chi connectivity index (χ0) is 14.7. The maximum Gasteiger partial charge on any atom is 0.138 e. The summed E-state index contributed by atoms with van der Waals surface area (Å²) in [7, 11) is 0. The van der Waals surface area contributed by atoms with E-state index in [4.69, 9.17) is 0 Å². The maximum atomic E-state index is 10.8. The molecule has 5 rings (SSSR count). The summed E-state index contributed by atoms with van der Waals surface area (Å²) in [4.78, 5) is 8.65. The predicted octanol–water partition coefficient (Wildman–Crippen LogP) is 2.40. The third-order valence-electron chi connectivity index (χ3n) is 5.05. The molecule has 3 aromatic rings. The number of hydrogen-bond donors (Lipinski definition) is 1. The molecule has 0 saturated carbocycles. The Morgan fingerprint density at radius 1 is 1.23 bits per heavy atom. The molecule has 22 heavy (non-hydrogen) atoms. The van der Waals surface area contributed by atoms with E-state index in [-0.39, 0.29) is 12.0 Å². The Kier molecular flexibility index (Phi) is 2.38. The van der Waals surface area contributed by atoms with Crippen molar-refractivity contribution < 1.29 is 5.11 Å². The minimum Gasteiger partial charge on any atom is -0.385 e. The van der Waals surface area contributed by atoms with Crippen molar-refractivity contribution in [3.05, 3.63) is 60.6 Å². The molecule has 110 valence electrons. The quantitative estimate of drug-likeness (QED) is 0.749. The van der Waals surface area contributed by atoms with Crippen LogP contribution in [0.5, 0.6) is 0 Å². The summed E-state index contributed by atoms with van der Waals surface area (Å²) in [6, 6.07) is 8.57. The van der Waals surface area contributed by atoms with Gasteiger partial charge in [-0.2, -0.15) is 0 Å². The summed E-state index contributed by atoms with van der Waals surface area (Å²) in [6.45, 7) is 0.903. The summed E-state index contributed by atoms with van der Waals surface area (Å²) in [5, 5.41) is 10.8. The smallest absolute Gasteiger partial charge is 0.138 e. The van der Waals surface area contributed by atoms with Crippen LogP contribution >= 0.6 is 0 Å². The number of fused-ring (bicyclic) bond motifs is 4. The second-order valence-electron chi connectivity index (χ2n) is 6.09.